The van der Waals surface area contributed by atoms with Gasteiger partial charge in [0.05, 0.1) is 11.1 Å². The monoisotopic (exact) mass is 569 g/mol. The maximum atomic E-state index is 12.4. The Balaban J connectivity index is 1.51. The normalized spacial score (nSPS) is 21.4. The molecule has 37 heavy (non-hydrogen) atoms. The van der Waals surface area contributed by atoms with Crippen LogP contribution in [0.25, 0.3) is 16.7 Å². The molecule has 0 saturated heterocycles. The van der Waals surface area contributed by atoms with Crippen molar-refractivity contribution in [2.75, 3.05) is 30.9 Å². The van der Waals surface area contributed by atoms with E-state index in [0.717, 1.165) is 40.7 Å². The minimum absolute atomic E-state index is 0.0620. The van der Waals surface area contributed by atoms with Crippen LogP contribution in [0.1, 0.15) is 50.2 Å². The lowest BCUT2D eigenvalue weighted by molar-refractivity contribution is -0.129. The number of hydrogen-bond donors (Lipinski definition) is 3. The molecule has 1 fully saturated rings. The molecule has 1 aliphatic heterocycles. The second-order valence-corrected chi connectivity index (χ2v) is 11.0. The van der Waals surface area contributed by atoms with Crippen LogP contribution in [0.5, 0.6) is 0 Å². The van der Waals surface area contributed by atoms with Crippen LogP contribution in [0.4, 0.5) is 11.6 Å². The summed E-state index contributed by atoms with van der Waals surface area (Å²) in [6.07, 6.45) is 6.50. The molecule has 3 N–H and O–H groups in total. The molecule has 1 aliphatic carbocycles. The third kappa shape index (κ3) is 4.70. The number of carbonyl (C=O) groups is 2. The molecular formula is C26H32BrN7O3. The van der Waals surface area contributed by atoms with Crippen molar-refractivity contribution < 1.29 is 14.7 Å². The van der Waals surface area contributed by atoms with Crippen LogP contribution in [0, 0.1) is 5.41 Å². The molecule has 2 aromatic heterocycles. The van der Waals surface area contributed by atoms with E-state index in [0.29, 0.717) is 48.3 Å². The number of amides is 2. The minimum Gasteiger partial charge on any atom is -0.396 e. The summed E-state index contributed by atoms with van der Waals surface area (Å²) in [4.78, 5) is 35.8. The van der Waals surface area contributed by atoms with E-state index in [2.05, 4.69) is 37.6 Å². The van der Waals surface area contributed by atoms with E-state index in [-0.39, 0.29) is 24.5 Å². The molecule has 0 bridgehead atoms. The van der Waals surface area contributed by atoms with Gasteiger partial charge >= 0.3 is 0 Å². The second kappa shape index (κ2) is 10.0. The van der Waals surface area contributed by atoms with Crippen molar-refractivity contribution in [3.63, 3.8) is 0 Å². The summed E-state index contributed by atoms with van der Waals surface area (Å²) in [5, 5.41) is 21.2. The number of halogens is 1. The highest BCUT2D eigenvalue weighted by molar-refractivity contribution is 9.10. The van der Waals surface area contributed by atoms with E-state index in [1.165, 1.54) is 0 Å². The number of carbonyl (C=O) groups excluding carboxylic acids is 2. The van der Waals surface area contributed by atoms with E-state index >= 15 is 0 Å². The molecule has 0 spiro atoms. The zero-order valence-electron chi connectivity index (χ0n) is 21.3. The average molecular weight is 570 g/mol. The first-order valence-electron chi connectivity index (χ1n) is 12.7. The molecule has 5 rings (SSSR count). The zero-order chi connectivity index (χ0) is 26.3. The largest absolute Gasteiger partial charge is 0.396 e. The van der Waals surface area contributed by atoms with Gasteiger partial charge in [-0.3, -0.25) is 9.59 Å². The number of fused-ring (bicyclic) bond motifs is 2. The van der Waals surface area contributed by atoms with Crippen LogP contribution in [0.3, 0.4) is 0 Å². The molecule has 196 valence electrons. The van der Waals surface area contributed by atoms with Crippen LogP contribution in [-0.4, -0.2) is 63.4 Å². The van der Waals surface area contributed by atoms with Crippen molar-refractivity contribution in [1.29, 1.82) is 0 Å². The van der Waals surface area contributed by atoms with Gasteiger partial charge in [-0.1, -0.05) is 6.92 Å². The average Bonchev–Trinajstić information content (AvgIpc) is 3.44. The van der Waals surface area contributed by atoms with Crippen LogP contribution >= 0.6 is 15.9 Å². The number of nitrogens with one attached hydrogen (secondary N) is 2. The first-order valence-corrected chi connectivity index (χ1v) is 13.5. The van der Waals surface area contributed by atoms with Crippen molar-refractivity contribution in [2.24, 2.45) is 5.41 Å². The third-order valence-electron chi connectivity index (χ3n) is 7.65. The first-order chi connectivity index (χ1) is 17.7. The first kappa shape index (κ1) is 25.6. The van der Waals surface area contributed by atoms with Gasteiger partial charge in [0, 0.05) is 50.5 Å². The maximum Gasteiger partial charge on any atom is 0.227 e. The number of hydrogen-bond acceptors (Lipinski definition) is 7. The van der Waals surface area contributed by atoms with Crippen LogP contribution in [0.15, 0.2) is 22.9 Å². The third-order valence-corrected chi connectivity index (χ3v) is 8.23. The van der Waals surface area contributed by atoms with E-state index in [1.54, 1.807) is 22.8 Å². The van der Waals surface area contributed by atoms with Crippen LogP contribution < -0.4 is 15.5 Å². The highest BCUT2D eigenvalue weighted by atomic mass is 79.9. The summed E-state index contributed by atoms with van der Waals surface area (Å²) in [6.45, 7) is 2.08. The van der Waals surface area contributed by atoms with Gasteiger partial charge in [-0.05, 0) is 77.7 Å². The van der Waals surface area contributed by atoms with Gasteiger partial charge in [0.25, 0.3) is 0 Å². The van der Waals surface area contributed by atoms with Gasteiger partial charge < -0.3 is 20.6 Å². The Morgan fingerprint density at radius 1 is 1.32 bits per heavy atom. The molecule has 2 atom stereocenters. The van der Waals surface area contributed by atoms with Gasteiger partial charge in [-0.2, -0.15) is 10.1 Å². The number of aliphatic hydroxyl groups is 1. The Bertz CT molecular complexity index is 1370. The Morgan fingerprint density at radius 3 is 2.89 bits per heavy atom. The van der Waals surface area contributed by atoms with Crippen molar-refractivity contribution in [3.8, 4) is 5.69 Å². The van der Waals surface area contributed by atoms with Gasteiger partial charge in [0.15, 0.2) is 5.65 Å². The van der Waals surface area contributed by atoms with Gasteiger partial charge in [0.1, 0.15) is 4.60 Å². The Morgan fingerprint density at radius 2 is 2.14 bits per heavy atom. The molecule has 1 aromatic carbocycles. The molecular weight excluding hydrogens is 538 g/mol. The number of aryl methyl sites for hydroxylation is 2. The van der Waals surface area contributed by atoms with Gasteiger partial charge in [0.2, 0.25) is 17.8 Å². The summed E-state index contributed by atoms with van der Waals surface area (Å²) in [5.41, 5.74) is 4.13. The van der Waals surface area contributed by atoms with Crippen LogP contribution in [-0.2, 0) is 22.4 Å². The smallest absolute Gasteiger partial charge is 0.227 e. The standard InChI is InChI=1S/C26H32BrN7O3/c1-26(24(37)28-2)9-8-17(13-26)30-25-29-14-19-22(27)32-34(23(19)31-25)18-11-15(5-4-10-35)21-16(12-18)6-7-20(36)33(21)3/h11-12,14,17,35H,4-10,13H2,1-3H3,(H,28,37)(H,29,30,31)/t17-,26-/m1/s1. The lowest BCUT2D eigenvalue weighted by atomic mass is 9.87. The SMILES string of the molecule is CNC(=O)[C@]1(C)CC[C@@H](Nc2ncc3c(Br)nn(-c4cc(CCCO)c5c(c4)CCC(=O)N5C)c3n2)C1. The highest BCUT2D eigenvalue weighted by Gasteiger charge is 2.41. The van der Waals surface area contributed by atoms with Crippen LogP contribution in [0.2, 0.25) is 0 Å². The summed E-state index contributed by atoms with van der Waals surface area (Å²) in [5.74, 6) is 0.656. The fourth-order valence-corrected chi connectivity index (χ4v) is 6.09. The van der Waals surface area contributed by atoms with E-state index in [1.807, 2.05) is 20.0 Å². The molecule has 3 heterocycles. The van der Waals surface area contributed by atoms with Crippen molar-refractivity contribution in [1.82, 2.24) is 25.1 Å². The number of aromatic nitrogens is 4. The number of aliphatic hydroxyl groups excluding tert-OH is 1. The fourth-order valence-electron chi connectivity index (χ4n) is 5.65. The van der Waals surface area contributed by atoms with Crippen molar-refractivity contribution >= 4 is 50.4 Å². The number of nitrogens with zero attached hydrogens (tertiary/aromatic N) is 5. The molecule has 1 saturated carbocycles. The molecule has 10 nitrogen and oxygen atoms in total. The molecule has 2 amide bonds. The predicted molar refractivity (Wildman–Crippen MR) is 145 cm³/mol. The summed E-state index contributed by atoms with van der Waals surface area (Å²) >= 11 is 3.56. The quantitative estimate of drug-likeness (QED) is 0.399. The second-order valence-electron chi connectivity index (χ2n) is 10.2. The molecule has 2 aliphatic rings. The fraction of sp³-hybridized carbons (Fsp3) is 0.500. The summed E-state index contributed by atoms with van der Waals surface area (Å²) < 4.78 is 2.44. The number of rotatable bonds is 7. The minimum atomic E-state index is -0.399. The Labute approximate surface area is 224 Å². The molecule has 3 aromatic rings. The Kier molecular flexibility index (Phi) is 6.93. The number of benzene rings is 1. The molecule has 11 heteroatoms. The van der Waals surface area contributed by atoms with E-state index in [9.17, 15) is 14.7 Å². The topological polar surface area (TPSA) is 125 Å². The number of anilines is 2. The summed E-state index contributed by atoms with van der Waals surface area (Å²) in [6, 6.07) is 4.20. The van der Waals surface area contributed by atoms with Crippen molar-refractivity contribution in [3.05, 3.63) is 34.1 Å². The molecule has 0 unspecified atom stereocenters. The van der Waals surface area contributed by atoms with Gasteiger partial charge in [-0.15, -0.1) is 0 Å². The lowest BCUT2D eigenvalue weighted by Crippen LogP contribution is -2.35. The zero-order valence-corrected chi connectivity index (χ0v) is 22.9. The van der Waals surface area contributed by atoms with E-state index < -0.39 is 5.41 Å². The molecule has 0 radical (unpaired) electrons. The summed E-state index contributed by atoms with van der Waals surface area (Å²) in [7, 11) is 3.49. The van der Waals surface area contributed by atoms with E-state index in [4.69, 9.17) is 10.1 Å². The predicted octanol–water partition coefficient (Wildman–Crippen LogP) is 3.13. The Hall–Kier alpha value is -3.05. The van der Waals surface area contributed by atoms with Crippen molar-refractivity contribution in [2.45, 2.75) is 57.9 Å². The maximum absolute atomic E-state index is 12.4. The highest BCUT2D eigenvalue weighted by Crippen LogP contribution is 2.39. The van der Waals surface area contributed by atoms with Gasteiger partial charge in [-0.25, -0.2) is 9.67 Å². The lowest BCUT2D eigenvalue weighted by Gasteiger charge is -2.29.